The van der Waals surface area contributed by atoms with Crippen molar-refractivity contribution in [3.63, 3.8) is 0 Å². The predicted molar refractivity (Wildman–Crippen MR) is 106 cm³/mol. The number of aromatic nitrogens is 4. The van der Waals surface area contributed by atoms with Crippen LogP contribution < -0.4 is 0 Å². The number of carbonyl (C=O) groups is 2. The number of hydrogen-bond donors (Lipinski definition) is 0. The van der Waals surface area contributed by atoms with Crippen molar-refractivity contribution in [1.29, 1.82) is 0 Å². The highest BCUT2D eigenvalue weighted by Gasteiger charge is 2.62. The Morgan fingerprint density at radius 3 is 2.93 bits per heavy atom. The van der Waals surface area contributed by atoms with E-state index >= 15 is 0 Å². The molecule has 5 rings (SSSR count). The third-order valence-electron chi connectivity index (χ3n) is 6.35. The quantitative estimate of drug-likeness (QED) is 0.612. The maximum atomic E-state index is 13.4. The fourth-order valence-corrected chi connectivity index (χ4v) is 5.66. The van der Waals surface area contributed by atoms with Crippen LogP contribution in [0, 0.1) is 5.41 Å². The predicted octanol–water partition coefficient (Wildman–Crippen LogP) is 2.20. The average Bonchev–Trinajstić information content (AvgIpc) is 3.51. The van der Waals surface area contributed by atoms with Crippen LogP contribution in [0.4, 0.5) is 0 Å². The molecule has 0 spiro atoms. The van der Waals surface area contributed by atoms with Gasteiger partial charge in [-0.1, -0.05) is 0 Å². The van der Waals surface area contributed by atoms with Crippen LogP contribution in [-0.2, 0) is 23.0 Å². The lowest BCUT2D eigenvalue weighted by molar-refractivity contribution is -0.154. The van der Waals surface area contributed by atoms with E-state index in [1.54, 1.807) is 24.1 Å². The molecule has 9 heteroatoms. The lowest BCUT2D eigenvalue weighted by Gasteiger charge is -2.34. The molecule has 2 saturated heterocycles. The summed E-state index contributed by atoms with van der Waals surface area (Å²) in [5.41, 5.74) is 3.82. The molecule has 3 aromatic rings. The first-order chi connectivity index (χ1) is 14.0. The van der Waals surface area contributed by atoms with Crippen molar-refractivity contribution in [2.24, 2.45) is 12.5 Å². The van der Waals surface area contributed by atoms with E-state index in [1.165, 1.54) is 18.4 Å². The molecule has 3 atom stereocenters. The Kier molecular flexibility index (Phi) is 4.16. The Hall–Kier alpha value is -2.81. The maximum Gasteiger partial charge on any atom is 0.314 e. The zero-order chi connectivity index (χ0) is 20.2. The van der Waals surface area contributed by atoms with Crippen LogP contribution in [0.3, 0.4) is 0 Å². The van der Waals surface area contributed by atoms with Gasteiger partial charge in [-0.2, -0.15) is 0 Å². The Morgan fingerprint density at radius 1 is 1.31 bits per heavy atom. The number of methoxy groups -OCH3 is 1. The molecule has 150 valence electrons. The lowest BCUT2D eigenvalue weighted by atomic mass is 9.71. The molecule has 0 unspecified atom stereocenters. The molecule has 0 aliphatic carbocycles. The number of nitrogens with zero attached hydrogens (tertiary/aromatic N) is 5. The number of esters is 1. The van der Waals surface area contributed by atoms with Gasteiger partial charge in [0.05, 0.1) is 35.6 Å². The number of hydrogen-bond acceptors (Lipinski definition) is 7. The topological polar surface area (TPSA) is 90.2 Å². The molecule has 2 aliphatic rings. The number of carbonyl (C=O) groups excluding carboxylic acids is 2. The molecule has 2 bridgehead atoms. The fraction of sp³-hybridized carbons (Fsp3) is 0.450. The van der Waals surface area contributed by atoms with E-state index in [0.29, 0.717) is 23.9 Å². The monoisotopic (exact) mass is 411 g/mol. The SMILES string of the molecule is COC(=O)[C@@]1(Cc2cscn2)C[C@H]2CC[C@@H]1N2C(=O)c1cnc2c(c1)ncn2C. The highest BCUT2D eigenvalue weighted by molar-refractivity contribution is 7.07. The van der Waals surface area contributed by atoms with Crippen molar-refractivity contribution >= 4 is 34.4 Å². The molecular formula is C20H21N5O3S. The maximum absolute atomic E-state index is 13.4. The molecular weight excluding hydrogens is 390 g/mol. The van der Waals surface area contributed by atoms with Crippen LogP contribution in [0.15, 0.2) is 29.5 Å². The Bertz CT molecular complexity index is 1090. The van der Waals surface area contributed by atoms with E-state index in [9.17, 15) is 9.59 Å². The first kappa shape index (κ1) is 18.2. The van der Waals surface area contributed by atoms with Crippen LogP contribution in [0.25, 0.3) is 11.2 Å². The summed E-state index contributed by atoms with van der Waals surface area (Å²) in [7, 11) is 3.29. The van der Waals surface area contributed by atoms with Crippen molar-refractivity contribution in [2.45, 2.75) is 37.8 Å². The van der Waals surface area contributed by atoms with E-state index in [4.69, 9.17) is 4.74 Å². The summed E-state index contributed by atoms with van der Waals surface area (Å²) in [5, 5.41) is 1.96. The smallest absolute Gasteiger partial charge is 0.314 e. The van der Waals surface area contributed by atoms with Crippen molar-refractivity contribution in [3.05, 3.63) is 40.7 Å². The van der Waals surface area contributed by atoms with Crippen molar-refractivity contribution < 1.29 is 14.3 Å². The number of imidazole rings is 1. The molecule has 0 saturated carbocycles. The van der Waals surface area contributed by atoms with Gasteiger partial charge in [0.15, 0.2) is 5.65 Å². The minimum Gasteiger partial charge on any atom is -0.469 e. The van der Waals surface area contributed by atoms with Gasteiger partial charge in [0.2, 0.25) is 0 Å². The Morgan fingerprint density at radius 2 is 2.17 bits per heavy atom. The zero-order valence-corrected chi connectivity index (χ0v) is 17.1. The molecule has 29 heavy (non-hydrogen) atoms. The summed E-state index contributed by atoms with van der Waals surface area (Å²) in [6.45, 7) is 0. The van der Waals surface area contributed by atoms with Gasteiger partial charge < -0.3 is 14.2 Å². The summed E-state index contributed by atoms with van der Waals surface area (Å²) >= 11 is 1.51. The highest BCUT2D eigenvalue weighted by atomic mass is 32.1. The third-order valence-corrected chi connectivity index (χ3v) is 6.98. The van der Waals surface area contributed by atoms with Crippen molar-refractivity contribution in [1.82, 2.24) is 24.4 Å². The number of amides is 1. The van der Waals surface area contributed by atoms with Gasteiger partial charge in [-0.25, -0.2) is 15.0 Å². The number of ether oxygens (including phenoxy) is 1. The van der Waals surface area contributed by atoms with E-state index in [1.807, 2.05) is 21.9 Å². The molecule has 3 aromatic heterocycles. The largest absolute Gasteiger partial charge is 0.469 e. The second kappa shape index (κ2) is 6.62. The van der Waals surface area contributed by atoms with E-state index in [0.717, 1.165) is 24.2 Å². The number of thiazole rings is 1. The number of aryl methyl sites for hydroxylation is 1. The van der Waals surface area contributed by atoms with Crippen LogP contribution in [-0.4, -0.2) is 55.5 Å². The van der Waals surface area contributed by atoms with E-state index in [2.05, 4.69) is 15.0 Å². The van der Waals surface area contributed by atoms with Crippen LogP contribution in [0.1, 0.15) is 35.3 Å². The van der Waals surface area contributed by atoms with E-state index in [-0.39, 0.29) is 24.0 Å². The van der Waals surface area contributed by atoms with Gasteiger partial charge in [0, 0.05) is 37.1 Å². The first-order valence-corrected chi connectivity index (χ1v) is 10.5. The number of rotatable bonds is 4. The number of fused-ring (bicyclic) bond motifs is 3. The van der Waals surface area contributed by atoms with E-state index < -0.39 is 5.41 Å². The van der Waals surface area contributed by atoms with Crippen LogP contribution in [0.2, 0.25) is 0 Å². The number of pyridine rings is 1. The summed E-state index contributed by atoms with van der Waals surface area (Å²) in [6.07, 6.45) is 6.06. The lowest BCUT2D eigenvalue weighted by Crippen LogP contribution is -2.47. The first-order valence-electron chi connectivity index (χ1n) is 9.59. The highest BCUT2D eigenvalue weighted by Crippen LogP contribution is 2.52. The van der Waals surface area contributed by atoms with Gasteiger partial charge in [-0.3, -0.25) is 9.59 Å². The zero-order valence-electron chi connectivity index (χ0n) is 16.2. The van der Waals surface area contributed by atoms with Gasteiger partial charge in [0.25, 0.3) is 5.91 Å². The second-order valence-corrected chi connectivity index (χ2v) is 8.61. The van der Waals surface area contributed by atoms with Crippen LogP contribution in [0.5, 0.6) is 0 Å². The molecule has 2 aliphatic heterocycles. The summed E-state index contributed by atoms with van der Waals surface area (Å²) in [6, 6.07) is 1.60. The van der Waals surface area contributed by atoms with Gasteiger partial charge in [-0.05, 0) is 25.3 Å². The summed E-state index contributed by atoms with van der Waals surface area (Å²) in [4.78, 5) is 41.3. The molecule has 5 heterocycles. The van der Waals surface area contributed by atoms with Gasteiger partial charge in [0.1, 0.15) is 5.52 Å². The molecule has 0 N–H and O–H groups in total. The Balaban J connectivity index is 1.50. The summed E-state index contributed by atoms with van der Waals surface area (Å²) < 4.78 is 7.03. The third kappa shape index (κ3) is 2.67. The van der Waals surface area contributed by atoms with Crippen LogP contribution >= 0.6 is 11.3 Å². The summed E-state index contributed by atoms with van der Waals surface area (Å²) in [5.74, 6) is -0.351. The molecule has 8 nitrogen and oxygen atoms in total. The molecule has 0 aromatic carbocycles. The molecule has 1 amide bonds. The minimum absolute atomic E-state index is 0.0182. The van der Waals surface area contributed by atoms with Gasteiger partial charge in [-0.15, -0.1) is 11.3 Å². The normalized spacial score (nSPS) is 25.7. The standard InChI is InChI=1S/C20H21N5O3S/c1-24-10-22-15-5-12(8-21-17(15)24)18(26)25-14-3-4-16(25)20(7-14,19(27)28-2)6-13-9-29-11-23-13/h5,8-11,14,16H,3-4,6-7H2,1-2H3/t14-,16+,20+/m1/s1. The minimum atomic E-state index is -0.746. The van der Waals surface area contributed by atoms with Crippen molar-refractivity contribution in [2.75, 3.05) is 7.11 Å². The second-order valence-electron chi connectivity index (χ2n) is 7.89. The fourth-order valence-electron chi connectivity index (χ4n) is 5.10. The van der Waals surface area contributed by atoms with Crippen molar-refractivity contribution in [3.8, 4) is 0 Å². The van der Waals surface area contributed by atoms with Gasteiger partial charge >= 0.3 is 5.97 Å². The molecule has 2 fully saturated rings. The Labute approximate surface area is 171 Å². The molecule has 0 radical (unpaired) electrons. The average molecular weight is 411 g/mol.